The fourth-order valence-electron chi connectivity index (χ4n) is 1.76. The number of hydrogen-bond donors (Lipinski definition) is 0. The summed E-state index contributed by atoms with van der Waals surface area (Å²) < 4.78 is 9.83. The molecule has 6 heteroatoms. The highest BCUT2D eigenvalue weighted by atomic mass is 35.5. The Morgan fingerprint density at radius 1 is 1.26 bits per heavy atom. The Hall–Kier alpha value is -1.52. The predicted octanol–water partition coefficient (Wildman–Crippen LogP) is 3.27. The lowest BCUT2D eigenvalue weighted by Crippen LogP contribution is -2.06. The van der Waals surface area contributed by atoms with Crippen molar-refractivity contribution >= 4 is 40.1 Å². The summed E-state index contributed by atoms with van der Waals surface area (Å²) in [5.74, 6) is 0.164. The molecule has 0 amide bonds. The monoisotopic (exact) mass is 299 g/mol. The Labute approximate surface area is 120 Å². The highest BCUT2D eigenvalue weighted by molar-refractivity contribution is 6.42. The molecule has 1 heterocycles. The molecule has 2 rings (SSSR count). The van der Waals surface area contributed by atoms with Crippen molar-refractivity contribution in [2.24, 2.45) is 0 Å². The Morgan fingerprint density at radius 3 is 2.63 bits per heavy atom. The van der Waals surface area contributed by atoms with Gasteiger partial charge in [0.2, 0.25) is 0 Å². The van der Waals surface area contributed by atoms with Gasteiger partial charge in [-0.05, 0) is 18.2 Å². The van der Waals surface area contributed by atoms with Gasteiger partial charge in [0, 0.05) is 5.39 Å². The number of carbonyl (C=O) groups excluding carboxylic acids is 1. The van der Waals surface area contributed by atoms with Crippen LogP contribution in [0, 0.1) is 0 Å². The topological polar surface area (TPSA) is 48.4 Å². The second-order valence-corrected chi connectivity index (χ2v) is 4.64. The molecule has 1 aromatic heterocycles. The minimum atomic E-state index is -0.385. The minimum absolute atomic E-state index is 0.0435. The van der Waals surface area contributed by atoms with E-state index in [4.69, 9.17) is 27.9 Å². The fourth-order valence-corrected chi connectivity index (χ4v) is 2.38. The van der Waals surface area contributed by atoms with Crippen LogP contribution in [0.15, 0.2) is 18.2 Å². The third kappa shape index (κ3) is 2.74. The molecule has 0 N–H and O–H groups in total. The maximum Gasteiger partial charge on any atom is 0.311 e. The zero-order chi connectivity index (χ0) is 14.0. The lowest BCUT2D eigenvalue weighted by molar-refractivity contribution is -0.139. The molecule has 0 aliphatic rings. The number of rotatable bonds is 3. The lowest BCUT2D eigenvalue weighted by atomic mass is 10.1. The third-order valence-corrected chi connectivity index (χ3v) is 3.26. The first-order valence-corrected chi connectivity index (χ1v) is 6.21. The molecule has 0 spiro atoms. The fraction of sp³-hybridized carbons (Fsp3) is 0.231. The number of aromatic nitrogens is 1. The van der Waals surface area contributed by atoms with E-state index in [1.807, 2.05) is 0 Å². The second kappa shape index (κ2) is 5.63. The summed E-state index contributed by atoms with van der Waals surface area (Å²) in [6.45, 7) is 0. The largest absolute Gasteiger partial charge is 0.494 e. The molecule has 2 aromatic rings. The van der Waals surface area contributed by atoms with Crippen molar-refractivity contribution in [1.29, 1.82) is 0 Å². The van der Waals surface area contributed by atoms with Crippen molar-refractivity contribution in [3.05, 3.63) is 33.9 Å². The summed E-state index contributed by atoms with van der Waals surface area (Å²) in [6.07, 6.45) is 0.0435. The van der Waals surface area contributed by atoms with Gasteiger partial charge in [0.05, 0.1) is 36.4 Å². The maximum absolute atomic E-state index is 11.3. The lowest BCUT2D eigenvalue weighted by Gasteiger charge is -2.09. The van der Waals surface area contributed by atoms with Crippen LogP contribution >= 0.6 is 23.2 Å². The smallest absolute Gasteiger partial charge is 0.311 e. The summed E-state index contributed by atoms with van der Waals surface area (Å²) in [5, 5.41) is 1.52. The molecule has 0 aliphatic heterocycles. The molecule has 0 fully saturated rings. The third-order valence-electron chi connectivity index (χ3n) is 2.65. The molecule has 4 nitrogen and oxygen atoms in total. The number of nitrogens with zero attached hydrogens (tertiary/aromatic N) is 1. The molecule has 0 unspecified atom stereocenters. The average molecular weight is 300 g/mol. The Bertz CT molecular complexity index is 643. The van der Waals surface area contributed by atoms with E-state index in [1.54, 1.807) is 18.2 Å². The van der Waals surface area contributed by atoms with E-state index in [1.165, 1.54) is 14.2 Å². The molecule has 0 atom stereocenters. The highest BCUT2D eigenvalue weighted by Gasteiger charge is 2.14. The van der Waals surface area contributed by atoms with Gasteiger partial charge >= 0.3 is 5.97 Å². The van der Waals surface area contributed by atoms with Gasteiger partial charge in [-0.25, -0.2) is 4.98 Å². The number of fused-ring (bicyclic) bond motifs is 1. The van der Waals surface area contributed by atoms with Gasteiger partial charge < -0.3 is 9.47 Å². The van der Waals surface area contributed by atoms with Crippen LogP contribution in [0.1, 0.15) is 5.69 Å². The molecular weight excluding hydrogens is 289 g/mol. The van der Waals surface area contributed by atoms with Gasteiger partial charge in [-0.3, -0.25) is 4.79 Å². The van der Waals surface area contributed by atoms with Crippen molar-refractivity contribution in [2.75, 3.05) is 14.2 Å². The van der Waals surface area contributed by atoms with E-state index in [0.29, 0.717) is 32.4 Å². The van der Waals surface area contributed by atoms with Gasteiger partial charge in [0.15, 0.2) is 0 Å². The highest BCUT2D eigenvalue weighted by Crippen LogP contribution is 2.35. The van der Waals surface area contributed by atoms with Gasteiger partial charge in [-0.1, -0.05) is 23.2 Å². The van der Waals surface area contributed by atoms with Gasteiger partial charge in [0.25, 0.3) is 0 Å². The van der Waals surface area contributed by atoms with Crippen LogP contribution < -0.4 is 4.74 Å². The van der Waals surface area contributed by atoms with E-state index in [9.17, 15) is 4.79 Å². The molecule has 0 radical (unpaired) electrons. The summed E-state index contributed by atoms with van der Waals surface area (Å²) in [7, 11) is 2.85. The number of pyridine rings is 1. The van der Waals surface area contributed by atoms with E-state index in [2.05, 4.69) is 9.72 Å². The number of halogens is 2. The van der Waals surface area contributed by atoms with E-state index >= 15 is 0 Å². The summed E-state index contributed by atoms with van der Waals surface area (Å²) in [4.78, 5) is 15.6. The van der Waals surface area contributed by atoms with Gasteiger partial charge in [-0.2, -0.15) is 0 Å². The standard InChI is InChI=1S/C13H11Cl2NO3/c1-18-10-4-3-8(14)12-9(15)5-7(16-13(10)12)6-11(17)19-2/h3-5H,6H2,1-2H3. The van der Waals surface area contributed by atoms with Crippen molar-refractivity contribution < 1.29 is 14.3 Å². The van der Waals surface area contributed by atoms with Crippen molar-refractivity contribution in [3.8, 4) is 5.75 Å². The zero-order valence-corrected chi connectivity index (χ0v) is 11.9. The van der Waals surface area contributed by atoms with E-state index in [0.717, 1.165) is 0 Å². The van der Waals surface area contributed by atoms with Crippen molar-refractivity contribution in [1.82, 2.24) is 4.98 Å². The van der Waals surface area contributed by atoms with Crippen LogP contribution in [-0.4, -0.2) is 25.2 Å². The summed E-state index contributed by atoms with van der Waals surface area (Å²) in [6, 6.07) is 5.00. The number of methoxy groups -OCH3 is 2. The van der Waals surface area contributed by atoms with Crippen LogP contribution in [-0.2, 0) is 16.0 Å². The molecule has 0 saturated carbocycles. The number of carbonyl (C=O) groups is 1. The number of esters is 1. The van der Waals surface area contributed by atoms with Crippen molar-refractivity contribution in [3.63, 3.8) is 0 Å². The Morgan fingerprint density at radius 2 is 2.00 bits per heavy atom. The zero-order valence-electron chi connectivity index (χ0n) is 10.4. The van der Waals surface area contributed by atoms with Crippen LogP contribution in [0.3, 0.4) is 0 Å². The molecule has 19 heavy (non-hydrogen) atoms. The Balaban J connectivity index is 2.63. The second-order valence-electron chi connectivity index (χ2n) is 3.82. The normalized spacial score (nSPS) is 10.5. The predicted molar refractivity (Wildman–Crippen MR) is 74.0 cm³/mol. The maximum atomic E-state index is 11.3. The Kier molecular flexibility index (Phi) is 4.12. The number of hydrogen-bond acceptors (Lipinski definition) is 4. The summed E-state index contributed by atoms with van der Waals surface area (Å²) >= 11 is 12.3. The SMILES string of the molecule is COC(=O)Cc1cc(Cl)c2c(Cl)ccc(OC)c2n1. The quantitative estimate of drug-likeness (QED) is 0.816. The van der Waals surface area contributed by atoms with Crippen LogP contribution in [0.5, 0.6) is 5.75 Å². The van der Waals surface area contributed by atoms with E-state index < -0.39 is 0 Å². The van der Waals surface area contributed by atoms with Crippen LogP contribution in [0.2, 0.25) is 10.0 Å². The molecule has 100 valence electrons. The molecule has 0 aliphatic carbocycles. The molecule has 0 bridgehead atoms. The minimum Gasteiger partial charge on any atom is -0.494 e. The molecular formula is C13H11Cl2NO3. The van der Waals surface area contributed by atoms with Crippen molar-refractivity contribution in [2.45, 2.75) is 6.42 Å². The molecule has 0 saturated heterocycles. The van der Waals surface area contributed by atoms with Crippen LogP contribution in [0.4, 0.5) is 0 Å². The first-order chi connectivity index (χ1) is 9.06. The first-order valence-electron chi connectivity index (χ1n) is 5.45. The van der Waals surface area contributed by atoms with Gasteiger partial charge in [-0.15, -0.1) is 0 Å². The summed E-state index contributed by atoms with van der Waals surface area (Å²) in [5.41, 5.74) is 1.03. The average Bonchev–Trinajstić information content (AvgIpc) is 2.38. The number of ether oxygens (including phenoxy) is 2. The van der Waals surface area contributed by atoms with E-state index in [-0.39, 0.29) is 12.4 Å². The number of benzene rings is 1. The van der Waals surface area contributed by atoms with Gasteiger partial charge in [0.1, 0.15) is 11.3 Å². The van der Waals surface area contributed by atoms with Crippen LogP contribution in [0.25, 0.3) is 10.9 Å². The first kappa shape index (κ1) is 13.9. The molecule has 1 aromatic carbocycles.